The first kappa shape index (κ1) is 25.4. The Bertz CT molecular complexity index is 459. The molecule has 2 rings (SSSR count). The number of hydrogen-bond donors (Lipinski definition) is 2. The van der Waals surface area contributed by atoms with Crippen LogP contribution in [0.1, 0.15) is 46.0 Å². The van der Waals surface area contributed by atoms with Crippen LogP contribution in [0.3, 0.4) is 0 Å². The third kappa shape index (κ3) is 10.2. The first-order valence-corrected chi connectivity index (χ1v) is 10.6. The van der Waals surface area contributed by atoms with Gasteiger partial charge in [0.25, 0.3) is 0 Å². The number of halogens is 1. The van der Waals surface area contributed by atoms with Crippen molar-refractivity contribution in [2.75, 3.05) is 59.2 Å². The fraction of sp³-hybridized carbons (Fsp3) is 0.900. The summed E-state index contributed by atoms with van der Waals surface area (Å²) in [6.45, 7) is 11.4. The molecule has 0 aromatic carbocycles. The van der Waals surface area contributed by atoms with Crippen LogP contribution in [0.15, 0.2) is 4.99 Å². The highest BCUT2D eigenvalue weighted by Crippen LogP contribution is 2.16. The van der Waals surface area contributed by atoms with Crippen LogP contribution in [0.25, 0.3) is 0 Å². The highest BCUT2D eigenvalue weighted by Gasteiger charge is 2.20. The third-order valence-electron chi connectivity index (χ3n) is 5.08. The Hall–Kier alpha value is -0.610. The lowest BCUT2D eigenvalue weighted by molar-refractivity contribution is -0.132. The summed E-state index contributed by atoms with van der Waals surface area (Å²) in [5.41, 5.74) is 0. The van der Waals surface area contributed by atoms with Crippen molar-refractivity contribution in [3.05, 3.63) is 0 Å². The Labute approximate surface area is 187 Å². The van der Waals surface area contributed by atoms with Crippen molar-refractivity contribution in [2.24, 2.45) is 16.8 Å². The fourth-order valence-corrected chi connectivity index (χ4v) is 3.53. The summed E-state index contributed by atoms with van der Waals surface area (Å²) in [6.07, 6.45) is 4.89. The van der Waals surface area contributed by atoms with E-state index < -0.39 is 0 Å². The van der Waals surface area contributed by atoms with Crippen molar-refractivity contribution in [3.63, 3.8) is 0 Å². The van der Waals surface area contributed by atoms with Gasteiger partial charge in [-0.05, 0) is 38.5 Å². The van der Waals surface area contributed by atoms with Gasteiger partial charge in [-0.2, -0.15) is 0 Å². The second-order valence-electron chi connectivity index (χ2n) is 7.68. The summed E-state index contributed by atoms with van der Waals surface area (Å²) in [5, 5.41) is 6.51. The molecule has 1 amide bonds. The van der Waals surface area contributed by atoms with Gasteiger partial charge in [-0.3, -0.25) is 9.79 Å². The highest BCUT2D eigenvalue weighted by atomic mass is 127. The van der Waals surface area contributed by atoms with E-state index in [2.05, 4.69) is 22.5 Å². The number of hydrogen-bond acceptors (Lipinski definition) is 4. The van der Waals surface area contributed by atoms with Crippen LogP contribution in [0.5, 0.6) is 0 Å². The van der Waals surface area contributed by atoms with Crippen LogP contribution < -0.4 is 10.6 Å². The van der Waals surface area contributed by atoms with Gasteiger partial charge < -0.3 is 25.0 Å². The van der Waals surface area contributed by atoms with Crippen LogP contribution in [-0.2, 0) is 14.3 Å². The number of carbonyl (C=O) groups excluding carboxylic acids is 1. The van der Waals surface area contributed by atoms with E-state index in [9.17, 15) is 4.79 Å². The number of rotatable bonds is 10. The minimum atomic E-state index is 0. The minimum absolute atomic E-state index is 0. The lowest BCUT2D eigenvalue weighted by atomic mass is 10.00. The second kappa shape index (κ2) is 15.3. The topological polar surface area (TPSA) is 75.2 Å². The number of amides is 1. The monoisotopic (exact) mass is 510 g/mol. The van der Waals surface area contributed by atoms with Crippen molar-refractivity contribution in [1.82, 2.24) is 15.5 Å². The van der Waals surface area contributed by atoms with Crippen LogP contribution >= 0.6 is 24.0 Å². The van der Waals surface area contributed by atoms with Gasteiger partial charge in [0.05, 0.1) is 13.2 Å². The van der Waals surface area contributed by atoms with Gasteiger partial charge in [-0.15, -0.1) is 24.0 Å². The molecule has 0 aliphatic carbocycles. The second-order valence-corrected chi connectivity index (χ2v) is 7.68. The zero-order valence-electron chi connectivity index (χ0n) is 17.6. The molecule has 7 nitrogen and oxygen atoms in total. The van der Waals surface area contributed by atoms with Gasteiger partial charge in [0.15, 0.2) is 5.96 Å². The zero-order valence-corrected chi connectivity index (χ0v) is 19.9. The van der Waals surface area contributed by atoms with Crippen molar-refractivity contribution >= 4 is 35.8 Å². The molecule has 0 bridgehead atoms. The summed E-state index contributed by atoms with van der Waals surface area (Å²) >= 11 is 0. The highest BCUT2D eigenvalue weighted by molar-refractivity contribution is 14.0. The Morgan fingerprint density at radius 3 is 2.89 bits per heavy atom. The number of piperidine rings is 1. The van der Waals surface area contributed by atoms with E-state index in [-0.39, 0.29) is 29.9 Å². The van der Waals surface area contributed by atoms with E-state index in [1.54, 1.807) is 0 Å². The van der Waals surface area contributed by atoms with Gasteiger partial charge in [0.1, 0.15) is 0 Å². The molecule has 2 aliphatic rings. The molecule has 2 unspecified atom stereocenters. The third-order valence-corrected chi connectivity index (χ3v) is 5.08. The predicted molar refractivity (Wildman–Crippen MR) is 123 cm³/mol. The molecule has 2 atom stereocenters. The number of aliphatic imine (C=N–C) groups is 1. The predicted octanol–water partition coefficient (Wildman–Crippen LogP) is 2.25. The number of ether oxygens (including phenoxy) is 2. The average molecular weight is 510 g/mol. The molecule has 0 radical (unpaired) electrons. The molecule has 0 saturated carbocycles. The van der Waals surface area contributed by atoms with Crippen LogP contribution in [0.2, 0.25) is 0 Å². The molecule has 2 saturated heterocycles. The molecule has 0 spiro atoms. The SMILES string of the molecule is CCNC(=NCCCOCC1CCOC1)NCCC(=O)N1CCCC(C)C1.I. The molecule has 2 fully saturated rings. The lowest BCUT2D eigenvalue weighted by Gasteiger charge is -2.31. The maximum Gasteiger partial charge on any atom is 0.224 e. The number of carbonyl (C=O) groups is 1. The Morgan fingerprint density at radius 2 is 2.18 bits per heavy atom. The first-order chi connectivity index (χ1) is 13.2. The maximum atomic E-state index is 12.3. The van der Waals surface area contributed by atoms with Gasteiger partial charge in [0, 0.05) is 58.3 Å². The molecular formula is C20H39IN4O3. The summed E-state index contributed by atoms with van der Waals surface area (Å²) < 4.78 is 11.1. The van der Waals surface area contributed by atoms with E-state index >= 15 is 0 Å². The summed E-state index contributed by atoms with van der Waals surface area (Å²) in [6, 6.07) is 0. The van der Waals surface area contributed by atoms with E-state index in [1.165, 1.54) is 6.42 Å². The molecule has 2 N–H and O–H groups in total. The number of nitrogens with one attached hydrogen (secondary N) is 2. The van der Waals surface area contributed by atoms with Crippen molar-refractivity contribution in [2.45, 2.75) is 46.0 Å². The normalized spacial score (nSPS) is 22.6. The molecule has 0 aromatic heterocycles. The molecule has 2 aliphatic heterocycles. The molecule has 164 valence electrons. The number of guanidine groups is 1. The molecule has 28 heavy (non-hydrogen) atoms. The van der Waals surface area contributed by atoms with E-state index in [4.69, 9.17) is 9.47 Å². The van der Waals surface area contributed by atoms with Gasteiger partial charge in [0.2, 0.25) is 5.91 Å². The van der Waals surface area contributed by atoms with Crippen molar-refractivity contribution in [3.8, 4) is 0 Å². The van der Waals surface area contributed by atoms with Gasteiger partial charge in [-0.25, -0.2) is 0 Å². The van der Waals surface area contributed by atoms with E-state index in [0.29, 0.717) is 31.3 Å². The van der Waals surface area contributed by atoms with Crippen molar-refractivity contribution < 1.29 is 14.3 Å². The summed E-state index contributed by atoms with van der Waals surface area (Å²) in [7, 11) is 0. The van der Waals surface area contributed by atoms with Crippen LogP contribution in [-0.4, -0.2) is 75.9 Å². The Balaban J connectivity index is 0.00000392. The van der Waals surface area contributed by atoms with Crippen LogP contribution in [0.4, 0.5) is 0 Å². The lowest BCUT2D eigenvalue weighted by Crippen LogP contribution is -2.42. The zero-order chi connectivity index (χ0) is 19.3. The standard InChI is InChI=1S/C20H38N4O3.HI/c1-3-21-20(22-9-5-12-26-15-18-8-13-27-16-18)23-10-7-19(25)24-11-4-6-17(2)14-24;/h17-18H,3-16H2,1-2H3,(H2,21,22,23);1H. The molecule has 2 heterocycles. The number of nitrogens with zero attached hydrogens (tertiary/aromatic N) is 2. The molecule has 8 heteroatoms. The van der Waals surface area contributed by atoms with Gasteiger partial charge in [-0.1, -0.05) is 6.92 Å². The quantitative estimate of drug-likeness (QED) is 0.204. The Kier molecular flexibility index (Phi) is 13.9. The smallest absolute Gasteiger partial charge is 0.224 e. The van der Waals surface area contributed by atoms with E-state index in [0.717, 1.165) is 71.3 Å². The largest absolute Gasteiger partial charge is 0.381 e. The average Bonchev–Trinajstić information content (AvgIpc) is 3.18. The van der Waals surface area contributed by atoms with Crippen LogP contribution in [0, 0.1) is 11.8 Å². The Morgan fingerprint density at radius 1 is 1.32 bits per heavy atom. The molecular weight excluding hydrogens is 471 g/mol. The fourth-order valence-electron chi connectivity index (χ4n) is 3.53. The van der Waals surface area contributed by atoms with Gasteiger partial charge >= 0.3 is 0 Å². The molecule has 0 aromatic rings. The van der Waals surface area contributed by atoms with Crippen molar-refractivity contribution in [1.29, 1.82) is 0 Å². The number of likely N-dealkylation sites (tertiary alicyclic amines) is 1. The maximum absolute atomic E-state index is 12.3. The van der Waals surface area contributed by atoms with E-state index in [1.807, 2.05) is 11.8 Å². The summed E-state index contributed by atoms with van der Waals surface area (Å²) in [5.74, 6) is 2.21. The minimum Gasteiger partial charge on any atom is -0.381 e. The first-order valence-electron chi connectivity index (χ1n) is 10.6. The summed E-state index contributed by atoms with van der Waals surface area (Å²) in [4.78, 5) is 18.9.